The third-order valence-electron chi connectivity index (χ3n) is 4.89. The summed E-state index contributed by atoms with van der Waals surface area (Å²) < 4.78 is 0. The van der Waals surface area contributed by atoms with Crippen molar-refractivity contribution in [3.05, 3.63) is 0 Å². The number of rotatable bonds is 6. The Labute approximate surface area is 88.7 Å². The van der Waals surface area contributed by atoms with Crippen molar-refractivity contribution in [2.24, 2.45) is 22.7 Å². The van der Waals surface area contributed by atoms with Gasteiger partial charge in [-0.1, -0.05) is 20.8 Å². The number of hydrogen-bond donors (Lipinski definition) is 1. The number of hydrogen-bond acceptors (Lipinski definition) is 1. The van der Waals surface area contributed by atoms with Crippen LogP contribution in [0.4, 0.5) is 0 Å². The van der Waals surface area contributed by atoms with Gasteiger partial charge in [-0.25, -0.2) is 0 Å². The molecule has 1 heteroatoms. The zero-order valence-electron chi connectivity index (χ0n) is 10.2. The molecule has 1 atom stereocenters. The molecule has 2 saturated carbocycles. The summed E-state index contributed by atoms with van der Waals surface area (Å²) in [5, 5.41) is 3.33. The van der Waals surface area contributed by atoms with Crippen molar-refractivity contribution in [3.63, 3.8) is 0 Å². The average Bonchev–Trinajstić information content (AvgIpc) is 2.82. The SMILES string of the molecule is CNCC(CCC12CC1(C)C2)C(C)C. The molecule has 1 nitrogen and oxygen atoms in total. The van der Waals surface area contributed by atoms with E-state index in [1.165, 1.54) is 32.2 Å². The summed E-state index contributed by atoms with van der Waals surface area (Å²) in [5.41, 5.74) is 1.65. The standard InChI is InChI=1S/C13H25N/c1-10(2)11(7-14-4)5-6-13-8-12(13,3)9-13/h10-11,14H,5-9H2,1-4H3. The highest BCUT2D eigenvalue weighted by atomic mass is 14.8. The minimum absolute atomic E-state index is 0.814. The van der Waals surface area contributed by atoms with Crippen LogP contribution in [-0.2, 0) is 0 Å². The van der Waals surface area contributed by atoms with Gasteiger partial charge in [0.15, 0.2) is 0 Å². The smallest absolute Gasteiger partial charge is 0.00211 e. The monoisotopic (exact) mass is 195 g/mol. The zero-order chi connectivity index (χ0) is 10.4. The molecule has 1 N–H and O–H groups in total. The van der Waals surface area contributed by atoms with Crippen molar-refractivity contribution in [1.29, 1.82) is 0 Å². The molecule has 0 saturated heterocycles. The molecule has 2 aliphatic carbocycles. The minimum atomic E-state index is 0.814. The van der Waals surface area contributed by atoms with Crippen LogP contribution < -0.4 is 5.32 Å². The van der Waals surface area contributed by atoms with Gasteiger partial charge in [-0.2, -0.15) is 0 Å². The lowest BCUT2D eigenvalue weighted by Crippen LogP contribution is -2.23. The fraction of sp³-hybridized carbons (Fsp3) is 1.00. The van der Waals surface area contributed by atoms with Crippen LogP contribution >= 0.6 is 0 Å². The predicted molar refractivity (Wildman–Crippen MR) is 61.3 cm³/mol. The molecule has 0 spiro atoms. The lowest BCUT2D eigenvalue weighted by atomic mass is 9.89. The fourth-order valence-corrected chi connectivity index (χ4v) is 3.23. The van der Waals surface area contributed by atoms with Crippen LogP contribution in [0.3, 0.4) is 0 Å². The predicted octanol–water partition coefficient (Wildman–Crippen LogP) is 3.06. The zero-order valence-corrected chi connectivity index (χ0v) is 10.2. The molecule has 2 rings (SSSR count). The van der Waals surface area contributed by atoms with Crippen LogP contribution in [0, 0.1) is 22.7 Å². The van der Waals surface area contributed by atoms with Gasteiger partial charge >= 0.3 is 0 Å². The maximum atomic E-state index is 3.33. The Morgan fingerprint density at radius 1 is 1.29 bits per heavy atom. The van der Waals surface area contributed by atoms with Crippen molar-refractivity contribution in [2.75, 3.05) is 13.6 Å². The van der Waals surface area contributed by atoms with E-state index in [4.69, 9.17) is 0 Å². The van der Waals surface area contributed by atoms with E-state index < -0.39 is 0 Å². The summed E-state index contributed by atoms with van der Waals surface area (Å²) in [6.07, 6.45) is 6.00. The maximum Gasteiger partial charge on any atom is -0.00211 e. The second-order valence-corrected chi connectivity index (χ2v) is 6.29. The van der Waals surface area contributed by atoms with Crippen molar-refractivity contribution in [3.8, 4) is 0 Å². The first-order chi connectivity index (χ1) is 6.53. The fourth-order valence-electron chi connectivity index (χ4n) is 3.23. The molecule has 0 amide bonds. The molecule has 0 aromatic rings. The van der Waals surface area contributed by atoms with E-state index in [0.29, 0.717) is 0 Å². The molecular weight excluding hydrogens is 170 g/mol. The van der Waals surface area contributed by atoms with Crippen LogP contribution in [0.15, 0.2) is 0 Å². The van der Waals surface area contributed by atoms with Crippen LogP contribution in [0.25, 0.3) is 0 Å². The van der Waals surface area contributed by atoms with Gasteiger partial charge in [0.1, 0.15) is 0 Å². The minimum Gasteiger partial charge on any atom is -0.319 e. The van der Waals surface area contributed by atoms with Crippen LogP contribution in [-0.4, -0.2) is 13.6 Å². The van der Waals surface area contributed by atoms with Gasteiger partial charge in [0.2, 0.25) is 0 Å². The van der Waals surface area contributed by atoms with E-state index in [9.17, 15) is 0 Å². The van der Waals surface area contributed by atoms with E-state index in [1.807, 2.05) is 0 Å². The Bertz CT molecular complexity index is 213. The molecule has 2 aliphatic rings. The highest BCUT2D eigenvalue weighted by Gasteiger charge is 2.78. The molecule has 14 heavy (non-hydrogen) atoms. The Kier molecular flexibility index (Phi) is 2.42. The Hall–Kier alpha value is -0.0400. The second kappa shape index (κ2) is 3.23. The van der Waals surface area contributed by atoms with Gasteiger partial charge < -0.3 is 5.32 Å². The largest absolute Gasteiger partial charge is 0.319 e. The van der Waals surface area contributed by atoms with E-state index in [1.54, 1.807) is 0 Å². The molecular formula is C13H25N. The molecule has 82 valence electrons. The molecule has 0 radical (unpaired) electrons. The Balaban J connectivity index is 1.73. The van der Waals surface area contributed by atoms with Gasteiger partial charge in [-0.05, 0) is 61.9 Å². The topological polar surface area (TPSA) is 12.0 Å². The summed E-state index contributed by atoms with van der Waals surface area (Å²) in [4.78, 5) is 0. The van der Waals surface area contributed by atoms with Gasteiger partial charge in [0, 0.05) is 0 Å². The van der Waals surface area contributed by atoms with Crippen molar-refractivity contribution < 1.29 is 0 Å². The van der Waals surface area contributed by atoms with Crippen LogP contribution in [0.1, 0.15) is 46.5 Å². The molecule has 0 bridgehead atoms. The van der Waals surface area contributed by atoms with E-state index in [-0.39, 0.29) is 0 Å². The molecule has 1 unspecified atom stereocenters. The van der Waals surface area contributed by atoms with E-state index >= 15 is 0 Å². The summed E-state index contributed by atoms with van der Waals surface area (Å²) >= 11 is 0. The lowest BCUT2D eigenvalue weighted by Gasteiger charge is -2.21. The van der Waals surface area contributed by atoms with E-state index in [2.05, 4.69) is 33.1 Å². The van der Waals surface area contributed by atoms with Crippen LogP contribution in [0.2, 0.25) is 0 Å². The number of nitrogens with one attached hydrogen (secondary N) is 1. The van der Waals surface area contributed by atoms with Crippen LogP contribution in [0.5, 0.6) is 0 Å². The maximum absolute atomic E-state index is 3.33. The lowest BCUT2D eigenvalue weighted by molar-refractivity contribution is 0.323. The first-order valence-electron chi connectivity index (χ1n) is 6.18. The first kappa shape index (κ1) is 10.5. The van der Waals surface area contributed by atoms with Gasteiger partial charge in [-0.15, -0.1) is 0 Å². The van der Waals surface area contributed by atoms with Gasteiger partial charge in [0.05, 0.1) is 0 Å². The molecule has 0 aromatic heterocycles. The number of fused-ring (bicyclic) bond motifs is 1. The summed E-state index contributed by atoms with van der Waals surface area (Å²) in [7, 11) is 2.08. The summed E-state index contributed by atoms with van der Waals surface area (Å²) in [5.74, 6) is 1.72. The third kappa shape index (κ3) is 1.60. The quantitative estimate of drug-likeness (QED) is 0.687. The van der Waals surface area contributed by atoms with Crippen molar-refractivity contribution in [2.45, 2.75) is 46.5 Å². The summed E-state index contributed by atoms with van der Waals surface area (Å²) in [6, 6.07) is 0. The molecule has 0 aromatic carbocycles. The van der Waals surface area contributed by atoms with Crippen molar-refractivity contribution in [1.82, 2.24) is 5.32 Å². The average molecular weight is 195 g/mol. The highest BCUT2D eigenvalue weighted by Crippen LogP contribution is 2.87. The van der Waals surface area contributed by atoms with Gasteiger partial charge in [0.25, 0.3) is 0 Å². The highest BCUT2D eigenvalue weighted by molar-refractivity contribution is 5.28. The molecule has 0 heterocycles. The molecule has 2 fully saturated rings. The second-order valence-electron chi connectivity index (χ2n) is 6.29. The molecule has 0 aliphatic heterocycles. The summed E-state index contributed by atoms with van der Waals surface area (Å²) in [6.45, 7) is 8.39. The first-order valence-corrected chi connectivity index (χ1v) is 6.18. The third-order valence-corrected chi connectivity index (χ3v) is 4.89. The van der Waals surface area contributed by atoms with E-state index in [0.717, 1.165) is 22.7 Å². The normalized spacial score (nSPS) is 40.9. The van der Waals surface area contributed by atoms with Gasteiger partial charge in [-0.3, -0.25) is 0 Å². The van der Waals surface area contributed by atoms with Crippen molar-refractivity contribution >= 4 is 0 Å². The Morgan fingerprint density at radius 2 is 1.86 bits per heavy atom. The Morgan fingerprint density at radius 3 is 2.21 bits per heavy atom.